The molecule has 0 aromatic heterocycles. The summed E-state index contributed by atoms with van der Waals surface area (Å²) in [5, 5.41) is 34.2. The number of esters is 4. The third-order valence-electron chi connectivity index (χ3n) is 11.7. The van der Waals surface area contributed by atoms with Crippen molar-refractivity contribution in [2.75, 3.05) is 0 Å². The minimum atomic E-state index is -1.51. The number of fused-ring (bicyclic) bond motifs is 5. The van der Waals surface area contributed by atoms with Crippen LogP contribution in [0.2, 0.25) is 0 Å². The van der Waals surface area contributed by atoms with Gasteiger partial charge < -0.3 is 34.3 Å². The molecule has 4 aliphatic rings. The molecular formula is C35H52O12. The predicted octanol–water partition coefficient (Wildman–Crippen LogP) is 3.11. The number of rotatable bonds is 9. The van der Waals surface area contributed by atoms with Gasteiger partial charge in [0.05, 0.1) is 17.8 Å². The van der Waals surface area contributed by atoms with Gasteiger partial charge in [0.15, 0.2) is 5.78 Å². The second kappa shape index (κ2) is 12.6. The Hall–Kier alpha value is -2.83. The monoisotopic (exact) mass is 664 g/mol. The Morgan fingerprint density at radius 1 is 0.957 bits per heavy atom. The fourth-order valence-electron chi connectivity index (χ4n) is 9.94. The van der Waals surface area contributed by atoms with Crippen LogP contribution in [0, 0.1) is 28.6 Å². The molecule has 11 atom stereocenters. The van der Waals surface area contributed by atoms with Crippen molar-refractivity contribution in [3.63, 3.8) is 0 Å². The Morgan fingerprint density at radius 2 is 1.55 bits per heavy atom. The van der Waals surface area contributed by atoms with E-state index in [1.165, 1.54) is 33.8 Å². The Bertz CT molecular complexity index is 1330. The van der Waals surface area contributed by atoms with Gasteiger partial charge in [-0.1, -0.05) is 13.8 Å². The minimum absolute atomic E-state index is 0.0735. The first-order valence-corrected chi connectivity index (χ1v) is 16.6. The van der Waals surface area contributed by atoms with Crippen molar-refractivity contribution in [1.82, 2.24) is 0 Å². The van der Waals surface area contributed by atoms with E-state index >= 15 is 0 Å². The van der Waals surface area contributed by atoms with Crippen molar-refractivity contribution in [1.29, 1.82) is 0 Å². The molecule has 4 rings (SSSR count). The number of aliphatic hydroxyl groups excluding tert-OH is 2. The van der Waals surface area contributed by atoms with Gasteiger partial charge >= 0.3 is 23.9 Å². The van der Waals surface area contributed by atoms with Crippen LogP contribution in [0.25, 0.3) is 0 Å². The molecule has 0 aliphatic heterocycles. The Kier molecular flexibility index (Phi) is 9.89. The molecule has 4 aliphatic carbocycles. The second-order valence-electron chi connectivity index (χ2n) is 15.6. The van der Waals surface area contributed by atoms with Gasteiger partial charge in [0.2, 0.25) is 0 Å². The van der Waals surface area contributed by atoms with Gasteiger partial charge in [-0.25, -0.2) is 0 Å². The highest BCUT2D eigenvalue weighted by atomic mass is 16.6. The third kappa shape index (κ3) is 6.49. The molecule has 0 aromatic rings. The van der Waals surface area contributed by atoms with E-state index in [1.807, 2.05) is 13.8 Å². The van der Waals surface area contributed by atoms with Crippen molar-refractivity contribution in [3.05, 3.63) is 11.6 Å². The molecule has 0 aromatic carbocycles. The molecule has 47 heavy (non-hydrogen) atoms. The molecule has 12 heteroatoms. The molecule has 0 heterocycles. The second-order valence-corrected chi connectivity index (χ2v) is 15.6. The summed E-state index contributed by atoms with van der Waals surface area (Å²) in [5.74, 6) is -4.68. The van der Waals surface area contributed by atoms with Crippen LogP contribution in [0.5, 0.6) is 0 Å². The number of ether oxygens (including phenoxy) is 4. The average molecular weight is 665 g/mol. The van der Waals surface area contributed by atoms with Crippen LogP contribution in [0.1, 0.15) is 107 Å². The number of carbonyl (C=O) groups excluding carboxylic acids is 5. The van der Waals surface area contributed by atoms with Gasteiger partial charge in [-0.05, 0) is 82.8 Å². The lowest BCUT2D eigenvalue weighted by molar-refractivity contribution is -0.222. The van der Waals surface area contributed by atoms with Crippen LogP contribution in [0.3, 0.4) is 0 Å². The smallest absolute Gasteiger partial charge is 0.303 e. The van der Waals surface area contributed by atoms with Gasteiger partial charge in [-0.3, -0.25) is 24.0 Å². The summed E-state index contributed by atoms with van der Waals surface area (Å²) in [5.41, 5.74) is -5.65. The van der Waals surface area contributed by atoms with Crippen molar-refractivity contribution in [3.8, 4) is 0 Å². The zero-order chi connectivity index (χ0) is 35.5. The van der Waals surface area contributed by atoms with Crippen molar-refractivity contribution < 1.29 is 58.2 Å². The first-order chi connectivity index (χ1) is 21.5. The highest BCUT2D eigenvalue weighted by molar-refractivity contribution is 5.95. The van der Waals surface area contributed by atoms with Gasteiger partial charge in [-0.2, -0.15) is 0 Å². The molecule has 3 fully saturated rings. The number of hydrogen-bond donors (Lipinski definition) is 3. The Morgan fingerprint density at radius 3 is 2.09 bits per heavy atom. The van der Waals surface area contributed by atoms with Crippen LogP contribution in [-0.4, -0.2) is 86.2 Å². The van der Waals surface area contributed by atoms with Crippen LogP contribution < -0.4 is 0 Å². The molecule has 264 valence electrons. The lowest BCUT2D eigenvalue weighted by Gasteiger charge is -2.63. The predicted molar refractivity (Wildman–Crippen MR) is 166 cm³/mol. The maximum Gasteiger partial charge on any atom is 0.303 e. The normalized spacial score (nSPS) is 38.4. The maximum atomic E-state index is 14.1. The van der Waals surface area contributed by atoms with E-state index in [1.54, 1.807) is 20.8 Å². The van der Waals surface area contributed by atoms with E-state index in [9.17, 15) is 39.3 Å². The number of ketones is 1. The molecule has 0 radical (unpaired) electrons. The van der Waals surface area contributed by atoms with E-state index in [0.29, 0.717) is 12.0 Å². The fraction of sp³-hybridized carbons (Fsp3) is 0.800. The molecule has 0 amide bonds. The summed E-state index contributed by atoms with van der Waals surface area (Å²) >= 11 is 0. The minimum Gasteiger partial charge on any atom is -0.459 e. The summed E-state index contributed by atoms with van der Waals surface area (Å²) in [6, 6.07) is 0. The SMILES string of the molecule is CC(=O)O[C@H]1C[C@]2(C)[C@@H]3C(=CC(=O)[C@@H]2C[C@H]1OC(C)=O)[C@]1(OC(C)=O)CC[C@H]([C@@](C)(OC(C)=O)[C@H](O)CCC(C)(C)O)[C@@]1(C)C[C@H]3O. The van der Waals surface area contributed by atoms with Crippen molar-refractivity contribution in [2.45, 2.75) is 148 Å². The van der Waals surface area contributed by atoms with E-state index in [2.05, 4.69) is 0 Å². The van der Waals surface area contributed by atoms with E-state index in [4.69, 9.17) is 18.9 Å². The number of allylic oxidation sites excluding steroid dienone is 1. The van der Waals surface area contributed by atoms with E-state index in [0.717, 1.165) is 0 Å². The topological polar surface area (TPSA) is 183 Å². The summed E-state index contributed by atoms with van der Waals surface area (Å²) in [6.07, 6.45) is -1.41. The molecule has 3 N–H and O–H groups in total. The third-order valence-corrected chi connectivity index (χ3v) is 11.7. The summed E-state index contributed by atoms with van der Waals surface area (Å²) in [4.78, 5) is 63.7. The highest BCUT2D eigenvalue weighted by Crippen LogP contribution is 2.70. The van der Waals surface area contributed by atoms with E-state index in [-0.39, 0.29) is 44.3 Å². The van der Waals surface area contributed by atoms with Gasteiger partial charge in [-0.15, -0.1) is 0 Å². The standard InChI is InChI=1S/C35H52O12/c1-18(36)44-26-15-22-24(40)14-23-30(32(22,7)17-27(26)45-19(2)37)25(41)16-33(8)28(10-13-35(23,33)47-21(4)39)34(9,46-20(3)38)29(42)11-12-31(5,6)43/h14,22,25-30,41-43H,10-13,15-17H2,1-9H3/t22-,25+,26+,27-,28-,29+,30+,32-,33+,34+,35+/m0/s1. The number of carbonyl (C=O) groups is 5. The van der Waals surface area contributed by atoms with Crippen LogP contribution in [0.4, 0.5) is 0 Å². The fourth-order valence-corrected chi connectivity index (χ4v) is 9.94. The molecule has 0 unspecified atom stereocenters. The van der Waals surface area contributed by atoms with Crippen LogP contribution >= 0.6 is 0 Å². The van der Waals surface area contributed by atoms with Crippen molar-refractivity contribution in [2.24, 2.45) is 28.6 Å². The first kappa shape index (κ1) is 37.0. The van der Waals surface area contributed by atoms with Gasteiger partial charge in [0.25, 0.3) is 0 Å². The highest BCUT2D eigenvalue weighted by Gasteiger charge is 2.74. The number of hydrogen-bond acceptors (Lipinski definition) is 12. The Labute approximate surface area is 276 Å². The lowest BCUT2D eigenvalue weighted by Crippen LogP contribution is -2.67. The molecule has 0 saturated heterocycles. The Balaban J connectivity index is 1.86. The molecule has 0 bridgehead atoms. The largest absolute Gasteiger partial charge is 0.459 e. The maximum absolute atomic E-state index is 14.1. The summed E-state index contributed by atoms with van der Waals surface area (Å²) in [7, 11) is 0. The van der Waals surface area contributed by atoms with Crippen molar-refractivity contribution >= 4 is 29.7 Å². The molecule has 12 nitrogen and oxygen atoms in total. The summed E-state index contributed by atoms with van der Waals surface area (Å²) in [6.45, 7) is 13.6. The average Bonchev–Trinajstić information content (AvgIpc) is 3.18. The first-order valence-electron chi connectivity index (χ1n) is 16.6. The number of aliphatic hydroxyl groups is 3. The quantitative estimate of drug-likeness (QED) is 0.242. The van der Waals surface area contributed by atoms with E-state index < -0.39 is 93.7 Å². The molecular weight excluding hydrogens is 612 g/mol. The molecule has 0 spiro atoms. The summed E-state index contributed by atoms with van der Waals surface area (Å²) < 4.78 is 23.4. The van der Waals surface area contributed by atoms with Crippen LogP contribution in [0.15, 0.2) is 11.6 Å². The van der Waals surface area contributed by atoms with Crippen LogP contribution in [-0.2, 0) is 42.9 Å². The van der Waals surface area contributed by atoms with Gasteiger partial charge in [0, 0.05) is 50.9 Å². The molecule has 3 saturated carbocycles. The zero-order valence-electron chi connectivity index (χ0n) is 29.1. The lowest BCUT2D eigenvalue weighted by atomic mass is 9.44. The zero-order valence-corrected chi connectivity index (χ0v) is 29.1. The van der Waals surface area contributed by atoms with Gasteiger partial charge in [0.1, 0.15) is 23.4 Å².